The number of hydrogen-bond donors (Lipinski definition) is 2. The highest BCUT2D eigenvalue weighted by Gasteiger charge is 2.16. The Balaban J connectivity index is 1.65. The molecule has 1 amide bonds. The number of para-hydroxylation sites is 1. The number of aromatic amines is 1. The number of rotatable bonds is 6. The first kappa shape index (κ1) is 18.8. The number of aryl methyl sites for hydroxylation is 1. The Kier molecular flexibility index (Phi) is 5.66. The van der Waals surface area contributed by atoms with E-state index in [9.17, 15) is 9.59 Å². The van der Waals surface area contributed by atoms with E-state index in [4.69, 9.17) is 0 Å². The predicted molar refractivity (Wildman–Crippen MR) is 107 cm³/mol. The van der Waals surface area contributed by atoms with E-state index in [0.29, 0.717) is 18.1 Å². The summed E-state index contributed by atoms with van der Waals surface area (Å²) in [5.41, 5.74) is 1.16. The number of hydrogen-bond acceptors (Lipinski definition) is 6. The van der Waals surface area contributed by atoms with Gasteiger partial charge >= 0.3 is 0 Å². The number of amides is 1. The van der Waals surface area contributed by atoms with Crippen LogP contribution in [0.5, 0.6) is 0 Å². The van der Waals surface area contributed by atoms with Gasteiger partial charge in [-0.3, -0.25) is 9.59 Å². The second-order valence-electron chi connectivity index (χ2n) is 6.23. The van der Waals surface area contributed by atoms with Gasteiger partial charge in [-0.05, 0) is 26.0 Å². The minimum absolute atomic E-state index is 0.0136. The Morgan fingerprint density at radius 1 is 1.33 bits per heavy atom. The second-order valence-corrected chi connectivity index (χ2v) is 7.29. The third kappa shape index (κ3) is 4.40. The van der Waals surface area contributed by atoms with E-state index in [2.05, 4.69) is 25.2 Å². The van der Waals surface area contributed by atoms with Crippen molar-refractivity contribution in [2.75, 3.05) is 18.5 Å². The number of carbonyl (C=O) groups excluding carboxylic acids is 1. The van der Waals surface area contributed by atoms with Gasteiger partial charge in [0.1, 0.15) is 11.3 Å². The number of likely N-dealkylation sites (N-methyl/N-ethyl adjacent to an activating group) is 1. The molecule has 0 saturated carbocycles. The molecule has 0 aliphatic heterocycles. The van der Waals surface area contributed by atoms with Crippen molar-refractivity contribution in [1.82, 2.24) is 20.3 Å². The van der Waals surface area contributed by atoms with E-state index < -0.39 is 11.5 Å². The summed E-state index contributed by atoms with van der Waals surface area (Å²) >= 11 is 1.47. The molecule has 0 radical (unpaired) electrons. The van der Waals surface area contributed by atoms with Crippen LogP contribution in [-0.2, 0) is 0 Å². The fourth-order valence-corrected chi connectivity index (χ4v) is 3.15. The van der Waals surface area contributed by atoms with Crippen LogP contribution < -0.4 is 15.8 Å². The number of benzene rings is 1. The SMILES string of the molecule is Cc1nc(-c2ncc(C(=O)NC[C@H](C)N(C)c3ccccc3)c(=O)[nH]2)cs1. The lowest BCUT2D eigenvalue weighted by atomic mass is 10.2. The molecule has 2 N–H and O–H groups in total. The van der Waals surface area contributed by atoms with Crippen LogP contribution in [0.4, 0.5) is 5.69 Å². The maximum absolute atomic E-state index is 12.4. The number of aromatic nitrogens is 3. The highest BCUT2D eigenvalue weighted by atomic mass is 32.1. The lowest BCUT2D eigenvalue weighted by Crippen LogP contribution is -2.41. The van der Waals surface area contributed by atoms with Crippen LogP contribution in [0, 0.1) is 6.92 Å². The molecule has 0 saturated heterocycles. The number of nitrogens with zero attached hydrogens (tertiary/aromatic N) is 3. The standard InChI is InChI=1S/C19H21N5O2S/c1-12(24(3)14-7-5-4-6-8-14)9-21-18(25)15-10-20-17(23-19(15)26)16-11-27-13(2)22-16/h4-8,10-12H,9H2,1-3H3,(H,21,25)(H,20,23,26)/t12-/m0/s1. The van der Waals surface area contributed by atoms with Crippen molar-refractivity contribution in [1.29, 1.82) is 0 Å². The lowest BCUT2D eigenvalue weighted by molar-refractivity contribution is 0.0949. The second kappa shape index (κ2) is 8.13. The zero-order valence-electron chi connectivity index (χ0n) is 15.4. The molecule has 0 bridgehead atoms. The van der Waals surface area contributed by atoms with Crippen molar-refractivity contribution in [2.24, 2.45) is 0 Å². The van der Waals surface area contributed by atoms with Gasteiger partial charge in [-0.15, -0.1) is 11.3 Å². The maximum atomic E-state index is 12.4. The van der Waals surface area contributed by atoms with Crippen LogP contribution >= 0.6 is 11.3 Å². The average Bonchev–Trinajstić information content (AvgIpc) is 3.12. The summed E-state index contributed by atoms with van der Waals surface area (Å²) in [7, 11) is 1.96. The number of H-pyrrole nitrogens is 1. The molecule has 0 aliphatic rings. The minimum atomic E-state index is -0.479. The predicted octanol–water partition coefficient (Wildman–Crippen LogP) is 2.46. The van der Waals surface area contributed by atoms with Gasteiger partial charge in [0.2, 0.25) is 0 Å². The van der Waals surface area contributed by atoms with Gasteiger partial charge in [0, 0.05) is 36.9 Å². The molecular formula is C19H21N5O2S. The van der Waals surface area contributed by atoms with Crippen LogP contribution in [0.25, 0.3) is 11.5 Å². The van der Waals surface area contributed by atoms with Crippen LogP contribution in [0.15, 0.2) is 46.7 Å². The van der Waals surface area contributed by atoms with Crippen LogP contribution in [0.1, 0.15) is 22.3 Å². The van der Waals surface area contributed by atoms with Crippen molar-refractivity contribution in [3.05, 3.63) is 62.8 Å². The monoisotopic (exact) mass is 383 g/mol. The number of carbonyl (C=O) groups is 1. The fourth-order valence-electron chi connectivity index (χ4n) is 2.55. The highest BCUT2D eigenvalue weighted by molar-refractivity contribution is 7.09. The van der Waals surface area contributed by atoms with Crippen LogP contribution in [0.2, 0.25) is 0 Å². The molecule has 3 aromatic rings. The van der Waals surface area contributed by atoms with E-state index in [1.165, 1.54) is 17.5 Å². The molecule has 8 heteroatoms. The third-order valence-electron chi connectivity index (χ3n) is 4.29. The lowest BCUT2D eigenvalue weighted by Gasteiger charge is -2.27. The normalized spacial score (nSPS) is 11.8. The summed E-state index contributed by atoms with van der Waals surface area (Å²) < 4.78 is 0. The Morgan fingerprint density at radius 3 is 2.70 bits per heavy atom. The Morgan fingerprint density at radius 2 is 2.07 bits per heavy atom. The summed E-state index contributed by atoms with van der Waals surface area (Å²) in [5, 5.41) is 5.49. The zero-order valence-corrected chi connectivity index (χ0v) is 16.2. The van der Waals surface area contributed by atoms with E-state index in [0.717, 1.165) is 10.7 Å². The first-order valence-electron chi connectivity index (χ1n) is 8.53. The fraction of sp³-hybridized carbons (Fsp3) is 0.263. The van der Waals surface area contributed by atoms with Gasteiger partial charge in [-0.2, -0.15) is 0 Å². The Bertz CT molecular complexity index is 983. The summed E-state index contributed by atoms with van der Waals surface area (Å²) in [6.07, 6.45) is 1.30. The number of nitrogens with one attached hydrogen (secondary N) is 2. The van der Waals surface area contributed by atoms with E-state index in [-0.39, 0.29) is 11.6 Å². The minimum Gasteiger partial charge on any atom is -0.370 e. The van der Waals surface area contributed by atoms with Gasteiger partial charge in [0.05, 0.1) is 5.01 Å². The average molecular weight is 383 g/mol. The summed E-state index contributed by atoms with van der Waals surface area (Å²) in [4.78, 5) is 37.8. The van der Waals surface area contributed by atoms with Gasteiger partial charge in [0.25, 0.3) is 11.5 Å². The number of thiazole rings is 1. The van der Waals surface area contributed by atoms with Crippen molar-refractivity contribution in [3.8, 4) is 11.5 Å². The van der Waals surface area contributed by atoms with Gasteiger partial charge in [0.15, 0.2) is 5.82 Å². The van der Waals surface area contributed by atoms with E-state index in [1.54, 1.807) is 0 Å². The largest absolute Gasteiger partial charge is 0.370 e. The molecule has 27 heavy (non-hydrogen) atoms. The Labute approximate surface area is 161 Å². The van der Waals surface area contributed by atoms with E-state index >= 15 is 0 Å². The van der Waals surface area contributed by atoms with Crippen LogP contribution in [-0.4, -0.2) is 40.5 Å². The molecule has 0 fully saturated rings. The van der Waals surface area contributed by atoms with Gasteiger partial charge in [-0.25, -0.2) is 9.97 Å². The molecular weight excluding hydrogens is 362 g/mol. The molecule has 0 unspecified atom stereocenters. The zero-order chi connectivity index (χ0) is 19.4. The first-order chi connectivity index (χ1) is 13.0. The smallest absolute Gasteiger partial charge is 0.264 e. The van der Waals surface area contributed by atoms with Gasteiger partial charge < -0.3 is 15.2 Å². The van der Waals surface area contributed by atoms with Crippen molar-refractivity contribution >= 4 is 22.9 Å². The molecule has 1 atom stereocenters. The third-order valence-corrected chi connectivity index (χ3v) is 5.06. The van der Waals surface area contributed by atoms with Crippen molar-refractivity contribution in [2.45, 2.75) is 19.9 Å². The number of anilines is 1. The topological polar surface area (TPSA) is 91.0 Å². The van der Waals surface area contributed by atoms with Crippen molar-refractivity contribution in [3.63, 3.8) is 0 Å². The summed E-state index contributed by atoms with van der Waals surface area (Å²) in [5.74, 6) is -0.0869. The summed E-state index contributed by atoms with van der Waals surface area (Å²) in [6, 6.07) is 9.96. The maximum Gasteiger partial charge on any atom is 0.264 e. The summed E-state index contributed by atoms with van der Waals surface area (Å²) in [6.45, 7) is 4.28. The molecule has 3 rings (SSSR count). The Hall–Kier alpha value is -3.00. The quantitative estimate of drug-likeness (QED) is 0.682. The molecule has 2 aromatic heterocycles. The first-order valence-corrected chi connectivity index (χ1v) is 9.41. The molecule has 7 nitrogen and oxygen atoms in total. The molecule has 1 aromatic carbocycles. The molecule has 0 aliphatic carbocycles. The van der Waals surface area contributed by atoms with Gasteiger partial charge in [-0.1, -0.05) is 18.2 Å². The molecule has 2 heterocycles. The van der Waals surface area contributed by atoms with Crippen LogP contribution in [0.3, 0.4) is 0 Å². The highest BCUT2D eigenvalue weighted by Crippen LogP contribution is 2.16. The molecule has 140 valence electrons. The van der Waals surface area contributed by atoms with E-state index in [1.807, 2.05) is 56.6 Å². The molecule has 0 spiro atoms. The van der Waals surface area contributed by atoms with Crippen molar-refractivity contribution < 1.29 is 4.79 Å².